The van der Waals surface area contributed by atoms with Crippen LogP contribution in [0.4, 0.5) is 5.69 Å². The molecule has 0 saturated carbocycles. The molecule has 0 fully saturated rings. The lowest BCUT2D eigenvalue weighted by molar-refractivity contribution is 0.102. The van der Waals surface area contributed by atoms with Gasteiger partial charge in [-0.1, -0.05) is 23.2 Å². The Bertz CT molecular complexity index is 943. The molecule has 8 heteroatoms. The van der Waals surface area contributed by atoms with Crippen molar-refractivity contribution in [3.63, 3.8) is 0 Å². The molecule has 5 nitrogen and oxygen atoms in total. The Kier molecular flexibility index (Phi) is 6.34. The SMILES string of the molecule is Cc1cc(Cl)ccc1NC(=O)c1cc(S(=O)(=O)N(C)C(C)C)ccc1Cl. The number of anilines is 1. The maximum atomic E-state index is 12.6. The Morgan fingerprint density at radius 1 is 1.12 bits per heavy atom. The Morgan fingerprint density at radius 3 is 2.35 bits per heavy atom. The van der Waals surface area contributed by atoms with Gasteiger partial charge in [0.2, 0.25) is 10.0 Å². The summed E-state index contributed by atoms with van der Waals surface area (Å²) in [6, 6.07) is 8.92. The van der Waals surface area contributed by atoms with E-state index >= 15 is 0 Å². The smallest absolute Gasteiger partial charge is 0.257 e. The van der Waals surface area contributed by atoms with Gasteiger partial charge < -0.3 is 5.32 Å². The van der Waals surface area contributed by atoms with E-state index < -0.39 is 15.9 Å². The zero-order valence-corrected chi connectivity index (χ0v) is 17.2. The monoisotopic (exact) mass is 414 g/mol. The van der Waals surface area contributed by atoms with E-state index in [0.717, 1.165) is 5.56 Å². The van der Waals surface area contributed by atoms with E-state index in [4.69, 9.17) is 23.2 Å². The number of nitrogens with one attached hydrogen (secondary N) is 1. The molecule has 0 heterocycles. The lowest BCUT2D eigenvalue weighted by atomic mass is 10.1. The van der Waals surface area contributed by atoms with Crippen LogP contribution >= 0.6 is 23.2 Å². The number of rotatable bonds is 5. The number of amides is 1. The van der Waals surface area contributed by atoms with Crippen LogP contribution in [0.1, 0.15) is 29.8 Å². The second kappa shape index (κ2) is 7.96. The summed E-state index contributed by atoms with van der Waals surface area (Å²) in [5, 5.41) is 3.46. The maximum absolute atomic E-state index is 12.6. The third-order valence-electron chi connectivity index (χ3n) is 4.02. The molecule has 2 aromatic carbocycles. The topological polar surface area (TPSA) is 66.5 Å². The first-order valence-electron chi connectivity index (χ1n) is 7.89. The van der Waals surface area contributed by atoms with Gasteiger partial charge in [-0.15, -0.1) is 0 Å². The van der Waals surface area contributed by atoms with Gasteiger partial charge in [0.05, 0.1) is 15.5 Å². The third-order valence-corrected chi connectivity index (χ3v) is 6.62. The lowest BCUT2D eigenvalue weighted by Crippen LogP contribution is -2.33. The number of benzene rings is 2. The molecule has 0 saturated heterocycles. The zero-order chi connectivity index (χ0) is 19.6. The van der Waals surface area contributed by atoms with Crippen molar-refractivity contribution in [3.05, 3.63) is 57.6 Å². The number of aryl methyl sites for hydroxylation is 1. The zero-order valence-electron chi connectivity index (χ0n) is 14.9. The van der Waals surface area contributed by atoms with E-state index in [1.165, 1.54) is 29.6 Å². The van der Waals surface area contributed by atoms with Crippen LogP contribution in [-0.2, 0) is 10.0 Å². The van der Waals surface area contributed by atoms with Crippen molar-refractivity contribution < 1.29 is 13.2 Å². The van der Waals surface area contributed by atoms with Crippen LogP contribution in [0.5, 0.6) is 0 Å². The van der Waals surface area contributed by atoms with Gasteiger partial charge in [0.25, 0.3) is 5.91 Å². The Balaban J connectivity index is 2.39. The van der Waals surface area contributed by atoms with Gasteiger partial charge >= 0.3 is 0 Å². The quantitative estimate of drug-likeness (QED) is 0.777. The third kappa shape index (κ3) is 4.38. The molecule has 2 aromatic rings. The summed E-state index contributed by atoms with van der Waals surface area (Å²) < 4.78 is 26.5. The normalized spacial score (nSPS) is 11.8. The molecule has 0 aliphatic carbocycles. The van der Waals surface area contributed by atoms with Crippen LogP contribution in [-0.4, -0.2) is 31.7 Å². The molecule has 1 N–H and O–H groups in total. The minimum absolute atomic E-state index is 0.0103. The minimum Gasteiger partial charge on any atom is -0.322 e. The average Bonchev–Trinajstić information content (AvgIpc) is 2.56. The second-order valence-corrected chi connectivity index (χ2v) is 9.01. The molecule has 0 aromatic heterocycles. The summed E-state index contributed by atoms with van der Waals surface area (Å²) >= 11 is 12.0. The summed E-state index contributed by atoms with van der Waals surface area (Å²) in [5.41, 5.74) is 1.44. The molecule has 0 spiro atoms. The van der Waals surface area contributed by atoms with Crippen LogP contribution in [0.2, 0.25) is 10.0 Å². The predicted molar refractivity (Wildman–Crippen MR) is 106 cm³/mol. The van der Waals surface area contributed by atoms with Crippen LogP contribution in [0.15, 0.2) is 41.3 Å². The number of hydrogen-bond donors (Lipinski definition) is 1. The van der Waals surface area contributed by atoms with Gasteiger partial charge in [-0.3, -0.25) is 4.79 Å². The summed E-state index contributed by atoms with van der Waals surface area (Å²) in [7, 11) is -2.23. The minimum atomic E-state index is -3.72. The molecule has 0 radical (unpaired) electrons. The van der Waals surface area contributed by atoms with Crippen LogP contribution < -0.4 is 5.32 Å². The molecule has 0 aliphatic rings. The Labute approximate surface area is 164 Å². The average molecular weight is 415 g/mol. The Morgan fingerprint density at radius 2 is 1.77 bits per heavy atom. The number of nitrogens with zero attached hydrogens (tertiary/aromatic N) is 1. The van der Waals surface area contributed by atoms with Gasteiger partial charge in [0.15, 0.2) is 0 Å². The van der Waals surface area contributed by atoms with Crippen LogP contribution in [0.25, 0.3) is 0 Å². The summed E-state index contributed by atoms with van der Waals surface area (Å²) in [5.74, 6) is -0.496. The van der Waals surface area contributed by atoms with Crippen molar-refractivity contribution in [3.8, 4) is 0 Å². The van der Waals surface area contributed by atoms with E-state index in [2.05, 4.69) is 5.32 Å². The number of sulfonamides is 1. The van der Waals surface area contributed by atoms with E-state index in [1.807, 2.05) is 6.92 Å². The van der Waals surface area contributed by atoms with Crippen molar-refractivity contribution in [2.24, 2.45) is 0 Å². The number of halogens is 2. The van der Waals surface area contributed by atoms with Crippen molar-refractivity contribution >= 4 is 44.8 Å². The largest absolute Gasteiger partial charge is 0.322 e. The van der Waals surface area contributed by atoms with E-state index in [0.29, 0.717) is 10.7 Å². The first-order valence-corrected chi connectivity index (χ1v) is 10.1. The fourth-order valence-electron chi connectivity index (χ4n) is 2.24. The van der Waals surface area contributed by atoms with E-state index in [1.54, 1.807) is 32.0 Å². The highest BCUT2D eigenvalue weighted by atomic mass is 35.5. The van der Waals surface area contributed by atoms with Crippen molar-refractivity contribution in [1.29, 1.82) is 0 Å². The molecule has 140 valence electrons. The predicted octanol–water partition coefficient (Wildman–Crippen LogP) is 4.58. The van der Waals surface area contributed by atoms with Crippen LogP contribution in [0.3, 0.4) is 0 Å². The number of carbonyl (C=O) groups excluding carboxylic acids is 1. The summed E-state index contributed by atoms with van der Waals surface area (Å²) in [4.78, 5) is 12.6. The van der Waals surface area contributed by atoms with Gasteiger partial charge in [-0.25, -0.2) is 8.42 Å². The van der Waals surface area contributed by atoms with Gasteiger partial charge in [-0.2, -0.15) is 4.31 Å². The highest BCUT2D eigenvalue weighted by molar-refractivity contribution is 7.89. The summed E-state index contributed by atoms with van der Waals surface area (Å²) in [6.07, 6.45) is 0. The molecule has 1 amide bonds. The molecule has 0 unspecified atom stereocenters. The molecule has 0 bridgehead atoms. The Hall–Kier alpha value is -1.60. The fourth-order valence-corrected chi connectivity index (χ4v) is 4.06. The first kappa shape index (κ1) is 20.7. The van der Waals surface area contributed by atoms with Gasteiger partial charge in [0.1, 0.15) is 0 Å². The standard InChI is InChI=1S/C18H20Cl2N2O3S/c1-11(2)22(4)26(24,25)14-6-7-16(20)15(10-14)18(23)21-17-8-5-13(19)9-12(17)3/h5-11H,1-4H3,(H,21,23). The lowest BCUT2D eigenvalue weighted by Gasteiger charge is -2.21. The van der Waals surface area contributed by atoms with Crippen molar-refractivity contribution in [2.75, 3.05) is 12.4 Å². The van der Waals surface area contributed by atoms with E-state index in [-0.39, 0.29) is 21.5 Å². The molecular weight excluding hydrogens is 395 g/mol. The van der Waals surface area contributed by atoms with Crippen LogP contribution in [0, 0.1) is 6.92 Å². The molecule has 26 heavy (non-hydrogen) atoms. The van der Waals surface area contributed by atoms with Crippen molar-refractivity contribution in [1.82, 2.24) is 4.31 Å². The summed E-state index contributed by atoms with van der Waals surface area (Å²) in [6.45, 7) is 5.34. The highest BCUT2D eigenvalue weighted by Crippen LogP contribution is 2.25. The maximum Gasteiger partial charge on any atom is 0.257 e. The second-order valence-electron chi connectivity index (χ2n) is 6.17. The molecular formula is C18H20Cl2N2O3S. The van der Waals surface area contributed by atoms with Crippen molar-refractivity contribution in [2.45, 2.75) is 31.7 Å². The fraction of sp³-hybridized carbons (Fsp3) is 0.278. The number of carbonyl (C=O) groups is 1. The molecule has 0 aliphatic heterocycles. The molecule has 0 atom stereocenters. The van der Waals surface area contributed by atoms with E-state index in [9.17, 15) is 13.2 Å². The van der Waals surface area contributed by atoms with Gasteiger partial charge in [0, 0.05) is 23.8 Å². The van der Waals surface area contributed by atoms with Gasteiger partial charge in [-0.05, 0) is 62.7 Å². The first-order chi connectivity index (χ1) is 12.0. The number of hydrogen-bond acceptors (Lipinski definition) is 3. The highest BCUT2D eigenvalue weighted by Gasteiger charge is 2.25. The molecule has 2 rings (SSSR count).